The van der Waals surface area contributed by atoms with Gasteiger partial charge in [0.05, 0.1) is 36.8 Å². The molecule has 0 radical (unpaired) electrons. The second-order valence-electron chi connectivity index (χ2n) is 6.22. The Kier molecular flexibility index (Phi) is 7.53. The van der Waals surface area contributed by atoms with E-state index >= 15 is 0 Å². The van der Waals surface area contributed by atoms with Gasteiger partial charge in [-0.1, -0.05) is 12.1 Å². The lowest BCUT2D eigenvalue weighted by atomic mass is 10.1. The minimum Gasteiger partial charge on any atom is -0.494 e. The molecule has 1 N–H and O–H groups in total. The molecule has 0 fully saturated rings. The number of nitrogens with one attached hydrogen (secondary N) is 1. The zero-order chi connectivity index (χ0) is 21.4. The van der Waals surface area contributed by atoms with Gasteiger partial charge >= 0.3 is 5.97 Å². The molecule has 2 aromatic carbocycles. The summed E-state index contributed by atoms with van der Waals surface area (Å²) in [6, 6.07) is 9.54. The zero-order valence-corrected chi connectivity index (χ0v) is 16.4. The Balaban J connectivity index is 1.79. The molecule has 0 aliphatic carbocycles. The topological polar surface area (TPSA) is 117 Å². The molecule has 9 nitrogen and oxygen atoms in total. The summed E-state index contributed by atoms with van der Waals surface area (Å²) < 4.78 is 15.5. The van der Waals surface area contributed by atoms with Gasteiger partial charge < -0.3 is 19.5 Å². The molecule has 2 rings (SSSR count). The van der Waals surface area contributed by atoms with Gasteiger partial charge in [-0.15, -0.1) is 0 Å². The third-order valence-electron chi connectivity index (χ3n) is 3.94. The Morgan fingerprint density at radius 1 is 1.10 bits per heavy atom. The second-order valence-corrected chi connectivity index (χ2v) is 6.22. The Labute approximate surface area is 167 Å². The number of anilines is 1. The normalized spacial score (nSPS) is 10.2. The average Bonchev–Trinajstić information content (AvgIpc) is 2.69. The zero-order valence-electron chi connectivity index (χ0n) is 16.4. The first kappa shape index (κ1) is 21.7. The minimum absolute atomic E-state index is 0.0124. The standard InChI is InChI=1S/C20H22N2O7/c1-13-4-5-14(2)17(10-13)28-9-8-20(24)29-12-19(23)21-16-7-6-15(22(25)26)11-18(16)27-3/h4-7,10-11H,8-9,12H2,1-3H3,(H,21,23). The van der Waals surface area contributed by atoms with E-state index in [9.17, 15) is 19.7 Å². The van der Waals surface area contributed by atoms with Crippen LogP contribution in [0.25, 0.3) is 0 Å². The fourth-order valence-electron chi connectivity index (χ4n) is 2.41. The van der Waals surface area contributed by atoms with E-state index in [0.717, 1.165) is 11.1 Å². The van der Waals surface area contributed by atoms with Crippen LogP contribution in [0.4, 0.5) is 11.4 Å². The summed E-state index contributed by atoms with van der Waals surface area (Å²) in [7, 11) is 1.32. The van der Waals surface area contributed by atoms with Crippen molar-refractivity contribution >= 4 is 23.3 Å². The molecular weight excluding hydrogens is 380 g/mol. The van der Waals surface area contributed by atoms with Gasteiger partial charge in [-0.3, -0.25) is 19.7 Å². The van der Waals surface area contributed by atoms with Crippen molar-refractivity contribution < 1.29 is 28.7 Å². The van der Waals surface area contributed by atoms with Crippen LogP contribution >= 0.6 is 0 Å². The highest BCUT2D eigenvalue weighted by molar-refractivity contribution is 5.94. The van der Waals surface area contributed by atoms with E-state index in [0.29, 0.717) is 5.75 Å². The van der Waals surface area contributed by atoms with E-state index in [1.54, 1.807) is 0 Å². The molecule has 2 aromatic rings. The quantitative estimate of drug-likeness (QED) is 0.389. The number of amides is 1. The maximum atomic E-state index is 12.0. The maximum absolute atomic E-state index is 12.0. The number of hydrogen-bond acceptors (Lipinski definition) is 7. The number of methoxy groups -OCH3 is 1. The lowest BCUT2D eigenvalue weighted by Gasteiger charge is -2.11. The van der Waals surface area contributed by atoms with E-state index in [1.807, 2.05) is 32.0 Å². The molecule has 0 saturated carbocycles. The van der Waals surface area contributed by atoms with Crippen molar-refractivity contribution in [1.82, 2.24) is 0 Å². The molecule has 0 aromatic heterocycles. The number of carbonyl (C=O) groups excluding carboxylic acids is 2. The van der Waals surface area contributed by atoms with Crippen LogP contribution in [-0.2, 0) is 14.3 Å². The molecule has 0 unspecified atom stereocenters. The number of nitro groups is 1. The van der Waals surface area contributed by atoms with Crippen LogP contribution < -0.4 is 14.8 Å². The fourth-order valence-corrected chi connectivity index (χ4v) is 2.41. The highest BCUT2D eigenvalue weighted by Crippen LogP contribution is 2.28. The van der Waals surface area contributed by atoms with Gasteiger partial charge in [0.25, 0.3) is 11.6 Å². The molecule has 9 heteroatoms. The molecule has 154 valence electrons. The SMILES string of the molecule is COc1cc([N+](=O)[O-])ccc1NC(=O)COC(=O)CCOc1cc(C)ccc1C. The molecule has 0 aliphatic heterocycles. The van der Waals surface area contributed by atoms with Gasteiger partial charge in [-0.2, -0.15) is 0 Å². The Morgan fingerprint density at radius 3 is 2.55 bits per heavy atom. The van der Waals surface area contributed by atoms with E-state index in [-0.39, 0.29) is 30.2 Å². The number of esters is 1. The van der Waals surface area contributed by atoms with Crippen molar-refractivity contribution in [3.8, 4) is 11.5 Å². The predicted molar refractivity (Wildman–Crippen MR) is 105 cm³/mol. The van der Waals surface area contributed by atoms with Gasteiger partial charge in [0.15, 0.2) is 6.61 Å². The number of nitrogens with zero attached hydrogens (tertiary/aromatic N) is 1. The van der Waals surface area contributed by atoms with E-state index in [1.165, 1.54) is 25.3 Å². The van der Waals surface area contributed by atoms with Crippen molar-refractivity contribution in [2.45, 2.75) is 20.3 Å². The maximum Gasteiger partial charge on any atom is 0.309 e. The summed E-state index contributed by atoms with van der Waals surface area (Å²) in [5.41, 5.74) is 2.07. The van der Waals surface area contributed by atoms with Crippen LogP contribution in [0.3, 0.4) is 0 Å². The molecule has 1 amide bonds. The molecule has 29 heavy (non-hydrogen) atoms. The molecular formula is C20H22N2O7. The van der Waals surface area contributed by atoms with E-state index in [4.69, 9.17) is 14.2 Å². The first-order chi connectivity index (χ1) is 13.8. The van der Waals surface area contributed by atoms with Crippen LogP contribution in [0.1, 0.15) is 17.5 Å². The number of ether oxygens (including phenoxy) is 3. The van der Waals surface area contributed by atoms with Gasteiger partial charge in [-0.05, 0) is 37.1 Å². The van der Waals surface area contributed by atoms with Crippen LogP contribution in [0.5, 0.6) is 11.5 Å². The number of carbonyl (C=O) groups is 2. The van der Waals surface area contributed by atoms with Crippen molar-refractivity contribution in [3.63, 3.8) is 0 Å². The Hall–Kier alpha value is -3.62. The highest BCUT2D eigenvalue weighted by Gasteiger charge is 2.14. The van der Waals surface area contributed by atoms with Crippen LogP contribution in [0, 0.1) is 24.0 Å². The smallest absolute Gasteiger partial charge is 0.309 e. The molecule has 0 atom stereocenters. The summed E-state index contributed by atoms with van der Waals surface area (Å²) >= 11 is 0. The summed E-state index contributed by atoms with van der Waals surface area (Å²) in [5.74, 6) is -0.358. The Morgan fingerprint density at radius 2 is 1.86 bits per heavy atom. The van der Waals surface area contributed by atoms with Crippen molar-refractivity contribution in [3.05, 3.63) is 57.6 Å². The highest BCUT2D eigenvalue weighted by atomic mass is 16.6. The van der Waals surface area contributed by atoms with Crippen LogP contribution in [0.2, 0.25) is 0 Å². The number of nitro benzene ring substituents is 1. The number of non-ortho nitro benzene ring substituents is 1. The second kappa shape index (κ2) is 10.1. The predicted octanol–water partition coefficient (Wildman–Crippen LogP) is 3.17. The fraction of sp³-hybridized carbons (Fsp3) is 0.300. The van der Waals surface area contributed by atoms with Gasteiger partial charge in [0.1, 0.15) is 11.5 Å². The molecule has 0 spiro atoms. The first-order valence-electron chi connectivity index (χ1n) is 8.78. The number of rotatable bonds is 9. The summed E-state index contributed by atoms with van der Waals surface area (Å²) in [6.45, 7) is 3.48. The number of aryl methyl sites for hydroxylation is 2. The van der Waals surface area contributed by atoms with Gasteiger partial charge in [0, 0.05) is 6.07 Å². The minimum atomic E-state index is -0.596. The van der Waals surface area contributed by atoms with E-state index in [2.05, 4.69) is 5.32 Å². The van der Waals surface area contributed by atoms with Crippen LogP contribution in [0.15, 0.2) is 36.4 Å². The van der Waals surface area contributed by atoms with Crippen molar-refractivity contribution in [1.29, 1.82) is 0 Å². The summed E-state index contributed by atoms with van der Waals surface area (Å²) in [5, 5.41) is 13.3. The molecule has 0 bridgehead atoms. The van der Waals surface area contributed by atoms with Crippen molar-refractivity contribution in [2.24, 2.45) is 0 Å². The van der Waals surface area contributed by atoms with Crippen molar-refractivity contribution in [2.75, 3.05) is 25.6 Å². The largest absolute Gasteiger partial charge is 0.494 e. The average molecular weight is 402 g/mol. The van der Waals surface area contributed by atoms with Crippen LogP contribution in [-0.4, -0.2) is 37.1 Å². The number of hydrogen-bond donors (Lipinski definition) is 1. The first-order valence-corrected chi connectivity index (χ1v) is 8.78. The van der Waals surface area contributed by atoms with E-state index < -0.39 is 23.4 Å². The number of benzene rings is 2. The lowest BCUT2D eigenvalue weighted by molar-refractivity contribution is -0.384. The third kappa shape index (κ3) is 6.49. The third-order valence-corrected chi connectivity index (χ3v) is 3.94. The van der Waals surface area contributed by atoms with Gasteiger partial charge in [0.2, 0.25) is 0 Å². The molecule has 0 heterocycles. The molecule has 0 saturated heterocycles. The monoisotopic (exact) mass is 402 g/mol. The molecule has 0 aliphatic rings. The summed E-state index contributed by atoms with van der Waals surface area (Å²) in [4.78, 5) is 34.0. The lowest BCUT2D eigenvalue weighted by Crippen LogP contribution is -2.22. The Bertz CT molecular complexity index is 912. The summed E-state index contributed by atoms with van der Waals surface area (Å²) in [6.07, 6.45) is -0.0124. The van der Waals surface area contributed by atoms with Gasteiger partial charge in [-0.25, -0.2) is 0 Å².